The van der Waals surface area contributed by atoms with Gasteiger partial charge in [0.05, 0.1) is 25.6 Å². The number of amides is 1. The van der Waals surface area contributed by atoms with Crippen molar-refractivity contribution in [2.24, 2.45) is 4.99 Å². The van der Waals surface area contributed by atoms with E-state index in [1.807, 2.05) is 32.3 Å². The summed E-state index contributed by atoms with van der Waals surface area (Å²) in [5.41, 5.74) is 5.96. The third-order valence-electron chi connectivity index (χ3n) is 5.34. The Hall–Kier alpha value is -3.51. The maximum atomic E-state index is 12.9. The second kappa shape index (κ2) is 8.93. The molecule has 1 heterocycles. The summed E-state index contributed by atoms with van der Waals surface area (Å²) in [7, 11) is 7.12. The Morgan fingerprint density at radius 2 is 1.72 bits per heavy atom. The first-order valence-electron chi connectivity index (χ1n) is 10.1. The van der Waals surface area contributed by atoms with Gasteiger partial charge in [-0.1, -0.05) is 11.6 Å². The molecular weight excluding hydrogens is 426 g/mol. The summed E-state index contributed by atoms with van der Waals surface area (Å²) in [4.78, 5) is 19.7. The molecule has 32 heavy (non-hydrogen) atoms. The third kappa shape index (κ3) is 4.41. The molecule has 1 amide bonds. The number of methoxy groups -OCH3 is 2. The van der Waals surface area contributed by atoms with Gasteiger partial charge in [-0.05, 0) is 54.1 Å². The number of carbonyl (C=O) groups excluding carboxylic acids is 1. The van der Waals surface area contributed by atoms with Crippen LogP contribution in [-0.2, 0) is 6.42 Å². The molecule has 164 valence electrons. The summed E-state index contributed by atoms with van der Waals surface area (Å²) in [6.45, 7) is 0. The fourth-order valence-corrected chi connectivity index (χ4v) is 3.81. The minimum Gasteiger partial charge on any atom is -0.497 e. The van der Waals surface area contributed by atoms with E-state index in [1.165, 1.54) is 0 Å². The van der Waals surface area contributed by atoms with E-state index >= 15 is 0 Å². The number of carbonyl (C=O) groups is 1. The van der Waals surface area contributed by atoms with Gasteiger partial charge in [0, 0.05) is 54.1 Å². The largest absolute Gasteiger partial charge is 0.497 e. The van der Waals surface area contributed by atoms with Crippen LogP contribution in [0.3, 0.4) is 0 Å². The molecule has 0 bridgehead atoms. The van der Waals surface area contributed by atoms with E-state index in [0.29, 0.717) is 34.2 Å². The van der Waals surface area contributed by atoms with E-state index < -0.39 is 0 Å². The maximum absolute atomic E-state index is 12.9. The predicted octanol–water partition coefficient (Wildman–Crippen LogP) is 5.35. The van der Waals surface area contributed by atoms with Crippen molar-refractivity contribution >= 4 is 40.3 Å². The van der Waals surface area contributed by atoms with Crippen molar-refractivity contribution in [2.45, 2.75) is 6.42 Å². The van der Waals surface area contributed by atoms with Gasteiger partial charge < -0.3 is 19.7 Å². The fourth-order valence-electron chi connectivity index (χ4n) is 3.59. The molecule has 0 aromatic heterocycles. The van der Waals surface area contributed by atoms with Crippen LogP contribution in [0.25, 0.3) is 0 Å². The number of fused-ring (bicyclic) bond motifs is 1. The average molecular weight is 450 g/mol. The second-order valence-electron chi connectivity index (χ2n) is 7.69. The molecule has 6 nitrogen and oxygen atoms in total. The lowest BCUT2D eigenvalue weighted by Crippen LogP contribution is -2.13. The fraction of sp³-hybridized carbons (Fsp3) is 0.200. The molecule has 0 radical (unpaired) electrons. The van der Waals surface area contributed by atoms with Crippen molar-refractivity contribution < 1.29 is 14.3 Å². The van der Waals surface area contributed by atoms with E-state index in [1.54, 1.807) is 44.6 Å². The Morgan fingerprint density at radius 1 is 1.00 bits per heavy atom. The number of hydrogen-bond acceptors (Lipinski definition) is 5. The first-order valence-corrected chi connectivity index (χ1v) is 10.5. The van der Waals surface area contributed by atoms with Crippen LogP contribution in [0.1, 0.15) is 21.5 Å². The monoisotopic (exact) mass is 449 g/mol. The van der Waals surface area contributed by atoms with Gasteiger partial charge in [-0.3, -0.25) is 9.79 Å². The van der Waals surface area contributed by atoms with Crippen LogP contribution >= 0.6 is 11.6 Å². The van der Waals surface area contributed by atoms with Gasteiger partial charge in [-0.2, -0.15) is 0 Å². The zero-order chi connectivity index (χ0) is 22.8. The lowest BCUT2D eigenvalue weighted by atomic mass is 10.0. The zero-order valence-corrected chi connectivity index (χ0v) is 19.2. The van der Waals surface area contributed by atoms with E-state index in [2.05, 4.69) is 16.3 Å². The van der Waals surface area contributed by atoms with Gasteiger partial charge in [0.25, 0.3) is 5.91 Å². The molecule has 0 fully saturated rings. The molecule has 3 aromatic carbocycles. The van der Waals surface area contributed by atoms with Gasteiger partial charge >= 0.3 is 0 Å². The van der Waals surface area contributed by atoms with Crippen LogP contribution in [0.5, 0.6) is 11.5 Å². The summed E-state index contributed by atoms with van der Waals surface area (Å²) in [6, 6.07) is 16.7. The molecule has 0 saturated heterocycles. The quantitative estimate of drug-likeness (QED) is 0.550. The van der Waals surface area contributed by atoms with E-state index in [-0.39, 0.29) is 5.91 Å². The molecule has 1 aliphatic heterocycles. The van der Waals surface area contributed by atoms with E-state index in [4.69, 9.17) is 26.1 Å². The Bertz CT molecular complexity index is 1200. The van der Waals surface area contributed by atoms with Crippen molar-refractivity contribution in [2.75, 3.05) is 38.5 Å². The summed E-state index contributed by atoms with van der Waals surface area (Å²) in [5.74, 6) is 0.811. The maximum Gasteiger partial charge on any atom is 0.255 e. The molecule has 1 aliphatic rings. The van der Waals surface area contributed by atoms with Gasteiger partial charge in [0.15, 0.2) is 0 Å². The third-order valence-corrected chi connectivity index (χ3v) is 5.67. The van der Waals surface area contributed by atoms with Crippen molar-refractivity contribution in [1.29, 1.82) is 0 Å². The zero-order valence-electron chi connectivity index (χ0n) is 18.4. The minimum absolute atomic E-state index is 0.275. The average Bonchev–Trinajstić information content (AvgIpc) is 3.22. The summed E-state index contributed by atoms with van der Waals surface area (Å²) < 4.78 is 10.5. The van der Waals surface area contributed by atoms with Crippen LogP contribution in [0.4, 0.5) is 17.1 Å². The standard InChI is InChI=1S/C25H24ClN3O3/c1-29(2)18-6-8-23-15(9-18)12-24(28-23)21-13-17(5-7-22(21)26)27-25(30)16-10-19(31-3)14-20(11-16)32-4/h5-11,13-14H,12H2,1-4H3,(H,27,30). The van der Waals surface area contributed by atoms with Crippen LogP contribution in [0.2, 0.25) is 5.02 Å². The van der Waals surface area contributed by atoms with Crippen molar-refractivity contribution in [3.05, 3.63) is 76.3 Å². The Balaban J connectivity index is 1.58. The lowest BCUT2D eigenvalue weighted by Gasteiger charge is -2.13. The van der Waals surface area contributed by atoms with E-state index in [0.717, 1.165) is 28.2 Å². The molecular formula is C25H24ClN3O3. The molecule has 4 rings (SSSR count). The molecule has 0 aliphatic carbocycles. The Morgan fingerprint density at radius 3 is 2.38 bits per heavy atom. The molecule has 0 saturated carbocycles. The summed E-state index contributed by atoms with van der Waals surface area (Å²) >= 11 is 6.50. The molecule has 7 heteroatoms. The highest BCUT2D eigenvalue weighted by molar-refractivity contribution is 6.34. The van der Waals surface area contributed by atoms with Crippen molar-refractivity contribution in [1.82, 2.24) is 0 Å². The number of anilines is 2. The molecule has 3 aromatic rings. The van der Waals surface area contributed by atoms with Crippen molar-refractivity contribution in [3.63, 3.8) is 0 Å². The number of nitrogens with one attached hydrogen (secondary N) is 1. The number of aliphatic imine (C=N–C) groups is 1. The van der Waals surface area contributed by atoms with E-state index in [9.17, 15) is 4.79 Å². The highest BCUT2D eigenvalue weighted by Crippen LogP contribution is 2.34. The van der Waals surface area contributed by atoms with Crippen LogP contribution in [0, 0.1) is 0 Å². The minimum atomic E-state index is -0.275. The van der Waals surface area contributed by atoms with Crippen molar-refractivity contribution in [3.8, 4) is 11.5 Å². The Labute approximate surface area is 192 Å². The topological polar surface area (TPSA) is 63.2 Å². The van der Waals surface area contributed by atoms with Gasteiger partial charge in [-0.25, -0.2) is 0 Å². The normalized spacial score (nSPS) is 12.1. The highest BCUT2D eigenvalue weighted by atomic mass is 35.5. The van der Waals surface area contributed by atoms with Crippen LogP contribution in [-0.4, -0.2) is 39.9 Å². The Kier molecular flexibility index (Phi) is 6.06. The molecule has 0 unspecified atom stereocenters. The number of nitrogens with zero attached hydrogens (tertiary/aromatic N) is 2. The van der Waals surface area contributed by atoms with Crippen LogP contribution in [0.15, 0.2) is 59.6 Å². The number of hydrogen-bond donors (Lipinski definition) is 1. The number of benzene rings is 3. The highest BCUT2D eigenvalue weighted by Gasteiger charge is 2.20. The SMILES string of the molecule is COc1cc(OC)cc(C(=O)Nc2ccc(Cl)c(C3=Nc4ccc(N(C)C)cc4C3)c2)c1. The van der Waals surface area contributed by atoms with Gasteiger partial charge in [-0.15, -0.1) is 0 Å². The van der Waals surface area contributed by atoms with Gasteiger partial charge in [0.1, 0.15) is 11.5 Å². The summed E-state index contributed by atoms with van der Waals surface area (Å²) in [5, 5.41) is 3.52. The number of rotatable bonds is 6. The smallest absolute Gasteiger partial charge is 0.255 e. The van der Waals surface area contributed by atoms with Crippen LogP contribution < -0.4 is 19.7 Å². The molecule has 0 spiro atoms. The predicted molar refractivity (Wildman–Crippen MR) is 130 cm³/mol. The summed E-state index contributed by atoms with van der Waals surface area (Å²) in [6.07, 6.45) is 0.682. The number of ether oxygens (including phenoxy) is 2. The first-order chi connectivity index (χ1) is 15.4. The first kappa shape index (κ1) is 21.7. The number of halogens is 1. The molecule has 0 atom stereocenters. The molecule has 1 N–H and O–H groups in total. The lowest BCUT2D eigenvalue weighted by molar-refractivity contribution is 0.102. The second-order valence-corrected chi connectivity index (χ2v) is 8.10. The van der Waals surface area contributed by atoms with Gasteiger partial charge in [0.2, 0.25) is 0 Å².